The van der Waals surface area contributed by atoms with Crippen LogP contribution in [0.1, 0.15) is 26.3 Å². The molecule has 0 bridgehead atoms. The Bertz CT molecular complexity index is 982. The Balaban J connectivity index is 0.000000361. The van der Waals surface area contributed by atoms with Crippen LogP contribution in [0.5, 0.6) is 5.75 Å². The Morgan fingerprint density at radius 2 is 1.52 bits per heavy atom. The second kappa shape index (κ2) is 13.2. The van der Waals surface area contributed by atoms with E-state index < -0.39 is 33.2 Å². The minimum Gasteiger partial charge on any atom is -0.465 e. The zero-order valence-corrected chi connectivity index (χ0v) is 19.2. The molecule has 0 N–H and O–H groups in total. The molecule has 0 amide bonds. The van der Waals surface area contributed by atoms with Gasteiger partial charge >= 0.3 is 25.2 Å². The maximum atomic E-state index is 12.3. The first-order valence-electron chi connectivity index (χ1n) is 9.34. The summed E-state index contributed by atoms with van der Waals surface area (Å²) in [4.78, 5) is 29.5. The van der Waals surface area contributed by atoms with Gasteiger partial charge in [-0.3, -0.25) is 4.89 Å². The van der Waals surface area contributed by atoms with Crippen LogP contribution in [0.4, 0.5) is 17.6 Å². The number of ether oxygens (including phenoxy) is 2. The SMILES string of the molecule is COC(=O)c1ccc(OC(F)F)c(C#C[Si](C)(C)C)c1.O=C(OOC(F)F)c1ccccc1. The molecule has 11 heteroatoms. The molecule has 178 valence electrons. The van der Waals surface area contributed by atoms with E-state index in [1.165, 1.54) is 37.4 Å². The summed E-state index contributed by atoms with van der Waals surface area (Å²) in [5.41, 5.74) is 3.71. The third kappa shape index (κ3) is 11.2. The Morgan fingerprint density at radius 3 is 2.03 bits per heavy atom. The van der Waals surface area contributed by atoms with Crippen molar-refractivity contribution in [1.29, 1.82) is 0 Å². The van der Waals surface area contributed by atoms with Crippen molar-refractivity contribution in [3.05, 3.63) is 65.2 Å². The zero-order valence-electron chi connectivity index (χ0n) is 18.2. The summed E-state index contributed by atoms with van der Waals surface area (Å²) in [5.74, 6) is 1.29. The Hall–Kier alpha value is -3.36. The lowest BCUT2D eigenvalue weighted by atomic mass is 10.1. The molecule has 2 aromatic carbocycles. The molecule has 0 radical (unpaired) electrons. The zero-order chi connectivity index (χ0) is 25.0. The fourth-order valence-electron chi connectivity index (χ4n) is 2.03. The van der Waals surface area contributed by atoms with Gasteiger partial charge < -0.3 is 9.47 Å². The van der Waals surface area contributed by atoms with E-state index in [4.69, 9.17) is 0 Å². The van der Waals surface area contributed by atoms with Crippen molar-refractivity contribution in [2.75, 3.05) is 7.11 Å². The monoisotopic (exact) mass is 486 g/mol. The van der Waals surface area contributed by atoms with Gasteiger partial charge in [0.05, 0.1) is 23.8 Å². The molecule has 0 saturated heterocycles. The highest BCUT2D eigenvalue weighted by Gasteiger charge is 2.14. The molecule has 0 aliphatic rings. The second-order valence-electron chi connectivity index (χ2n) is 7.17. The molecule has 0 saturated carbocycles. The third-order valence-electron chi connectivity index (χ3n) is 3.39. The van der Waals surface area contributed by atoms with Gasteiger partial charge in [0, 0.05) is 0 Å². The first kappa shape index (κ1) is 27.7. The molecule has 0 atom stereocenters. The summed E-state index contributed by atoms with van der Waals surface area (Å²) < 4.78 is 56.5. The van der Waals surface area contributed by atoms with Crippen LogP contribution in [-0.2, 0) is 14.5 Å². The van der Waals surface area contributed by atoms with Crippen molar-refractivity contribution in [2.24, 2.45) is 0 Å². The molecule has 2 rings (SSSR count). The normalized spacial score (nSPS) is 10.5. The van der Waals surface area contributed by atoms with E-state index in [1.807, 2.05) is 19.6 Å². The number of esters is 1. The average Bonchev–Trinajstić information content (AvgIpc) is 2.76. The van der Waals surface area contributed by atoms with Crippen LogP contribution >= 0.6 is 0 Å². The van der Waals surface area contributed by atoms with Gasteiger partial charge in [-0.15, -0.1) is 10.4 Å². The lowest BCUT2D eigenvalue weighted by Gasteiger charge is -2.09. The molecule has 0 aromatic heterocycles. The summed E-state index contributed by atoms with van der Waals surface area (Å²) in [5, 5.41) is 0. The molecule has 2 aromatic rings. The fraction of sp³-hybridized carbons (Fsp3) is 0.273. The lowest BCUT2D eigenvalue weighted by Crippen LogP contribution is -2.16. The van der Waals surface area contributed by atoms with Crippen molar-refractivity contribution in [2.45, 2.75) is 32.9 Å². The van der Waals surface area contributed by atoms with E-state index in [0.29, 0.717) is 0 Å². The molecule has 0 aliphatic carbocycles. The van der Waals surface area contributed by atoms with Crippen LogP contribution in [0.25, 0.3) is 0 Å². The quantitative estimate of drug-likeness (QED) is 0.138. The number of alkyl halides is 4. The molecule has 0 unspecified atom stereocenters. The number of hydrogen-bond donors (Lipinski definition) is 0. The Labute approximate surface area is 189 Å². The van der Waals surface area contributed by atoms with Crippen molar-refractivity contribution in [3.8, 4) is 17.2 Å². The highest BCUT2D eigenvalue weighted by atomic mass is 28.3. The van der Waals surface area contributed by atoms with Crippen LogP contribution in [0.2, 0.25) is 19.6 Å². The first-order valence-corrected chi connectivity index (χ1v) is 12.8. The number of rotatable bonds is 6. The molecule has 0 heterocycles. The Morgan fingerprint density at radius 1 is 0.879 bits per heavy atom. The summed E-state index contributed by atoms with van der Waals surface area (Å²) in [7, 11) is -0.427. The number of carbonyl (C=O) groups excluding carboxylic acids is 2. The number of halogens is 4. The number of benzene rings is 2. The summed E-state index contributed by atoms with van der Waals surface area (Å²) >= 11 is 0. The van der Waals surface area contributed by atoms with E-state index in [2.05, 4.69) is 30.7 Å². The second-order valence-corrected chi connectivity index (χ2v) is 11.9. The van der Waals surface area contributed by atoms with Crippen LogP contribution in [0.15, 0.2) is 48.5 Å². The van der Waals surface area contributed by atoms with E-state index in [1.54, 1.807) is 18.2 Å². The molecule has 0 fully saturated rings. The van der Waals surface area contributed by atoms with Gasteiger partial charge in [0.15, 0.2) is 0 Å². The van der Waals surface area contributed by atoms with Crippen molar-refractivity contribution < 1.29 is 46.4 Å². The topological polar surface area (TPSA) is 71.1 Å². The van der Waals surface area contributed by atoms with Gasteiger partial charge in [-0.1, -0.05) is 43.8 Å². The number of methoxy groups -OCH3 is 1. The molecular weight excluding hydrogens is 464 g/mol. The average molecular weight is 486 g/mol. The van der Waals surface area contributed by atoms with E-state index >= 15 is 0 Å². The van der Waals surface area contributed by atoms with Gasteiger partial charge in [0.25, 0.3) is 0 Å². The molecule has 6 nitrogen and oxygen atoms in total. The van der Waals surface area contributed by atoms with Crippen molar-refractivity contribution >= 4 is 20.0 Å². The van der Waals surface area contributed by atoms with Crippen LogP contribution in [-0.4, -0.2) is 40.3 Å². The predicted octanol–water partition coefficient (Wildman–Crippen LogP) is 5.30. The van der Waals surface area contributed by atoms with Gasteiger partial charge in [0.2, 0.25) is 0 Å². The standard InChI is InChI=1S/C14H16F2O3Si.C8H6F2O3/c1-18-13(17)11-5-6-12(19-14(15)16)10(9-11)7-8-20(2,3)4;9-8(10)13-12-7(11)6-4-2-1-3-5-6/h5-6,9,14H,1-4H3;1-5,8H. The molecule has 33 heavy (non-hydrogen) atoms. The molecule has 0 aliphatic heterocycles. The third-order valence-corrected chi connectivity index (χ3v) is 4.27. The van der Waals surface area contributed by atoms with Crippen molar-refractivity contribution in [1.82, 2.24) is 0 Å². The predicted molar refractivity (Wildman–Crippen MR) is 114 cm³/mol. The highest BCUT2D eigenvalue weighted by molar-refractivity contribution is 6.83. The summed E-state index contributed by atoms with van der Waals surface area (Å²) in [6, 6.07) is 11.8. The van der Waals surface area contributed by atoms with Crippen molar-refractivity contribution in [3.63, 3.8) is 0 Å². The number of hydrogen-bond acceptors (Lipinski definition) is 6. The smallest absolute Gasteiger partial charge is 0.387 e. The van der Waals surface area contributed by atoms with E-state index in [0.717, 1.165) is 0 Å². The largest absolute Gasteiger partial charge is 0.465 e. The van der Waals surface area contributed by atoms with Crippen LogP contribution < -0.4 is 4.74 Å². The van der Waals surface area contributed by atoms with E-state index in [9.17, 15) is 27.2 Å². The molecular formula is C22H22F4O6Si. The summed E-state index contributed by atoms with van der Waals surface area (Å²) in [6.07, 6.45) is 0. The Kier molecular flexibility index (Phi) is 11.1. The summed E-state index contributed by atoms with van der Waals surface area (Å²) in [6.45, 7) is 0.0204. The van der Waals surface area contributed by atoms with Gasteiger partial charge in [-0.05, 0) is 30.3 Å². The van der Waals surface area contributed by atoms with Gasteiger partial charge in [-0.2, -0.15) is 17.6 Å². The van der Waals surface area contributed by atoms with Crippen LogP contribution in [0, 0.1) is 11.5 Å². The highest BCUT2D eigenvalue weighted by Crippen LogP contribution is 2.22. The molecule has 0 spiro atoms. The number of carbonyl (C=O) groups is 2. The van der Waals surface area contributed by atoms with Gasteiger partial charge in [-0.25, -0.2) is 9.59 Å². The van der Waals surface area contributed by atoms with Gasteiger partial charge in [0.1, 0.15) is 13.8 Å². The minimum absolute atomic E-state index is 0.0431. The van der Waals surface area contributed by atoms with Crippen LogP contribution in [0.3, 0.4) is 0 Å². The minimum atomic E-state index is -3.12. The first-order chi connectivity index (χ1) is 15.4. The lowest BCUT2D eigenvalue weighted by molar-refractivity contribution is -0.343. The van der Waals surface area contributed by atoms with E-state index in [-0.39, 0.29) is 22.4 Å². The maximum Gasteiger partial charge on any atom is 0.387 e. The maximum absolute atomic E-state index is 12.3. The fourth-order valence-corrected chi connectivity index (χ4v) is 2.54.